The third kappa shape index (κ3) is 4.15. The van der Waals surface area contributed by atoms with E-state index in [0.29, 0.717) is 5.56 Å². The molecule has 0 atom stereocenters. The molecule has 0 amide bonds. The van der Waals surface area contributed by atoms with Crippen LogP contribution in [0.2, 0.25) is 0 Å². The predicted octanol–water partition coefficient (Wildman–Crippen LogP) is 3.20. The number of benzene rings is 2. The summed E-state index contributed by atoms with van der Waals surface area (Å²) >= 11 is 0. The van der Waals surface area contributed by atoms with Crippen molar-refractivity contribution in [3.63, 3.8) is 0 Å². The van der Waals surface area contributed by atoms with E-state index < -0.39 is 16.0 Å². The van der Waals surface area contributed by atoms with Crippen LogP contribution in [-0.2, 0) is 21.4 Å². The van der Waals surface area contributed by atoms with Gasteiger partial charge >= 0.3 is 5.97 Å². The van der Waals surface area contributed by atoms with Crippen molar-refractivity contribution in [2.45, 2.75) is 25.3 Å². The Labute approximate surface area is 158 Å². The molecule has 2 aromatic carbocycles. The Bertz CT molecular complexity index is 1090. The van der Waals surface area contributed by atoms with Crippen molar-refractivity contribution in [2.75, 3.05) is 6.54 Å². The number of nitrogens with zero attached hydrogens (tertiary/aromatic N) is 1. The third-order valence-corrected chi connectivity index (χ3v) is 5.69. The Morgan fingerprint density at radius 1 is 1.15 bits per heavy atom. The normalized spacial score (nSPS) is 11.5. The van der Waals surface area contributed by atoms with Gasteiger partial charge in [-0.3, -0.25) is 4.98 Å². The highest BCUT2D eigenvalue weighted by Crippen LogP contribution is 2.20. The summed E-state index contributed by atoms with van der Waals surface area (Å²) in [5.74, 6) is -0.575. The Kier molecular flexibility index (Phi) is 5.53. The number of fused-ring (bicyclic) bond motifs is 1. The van der Waals surface area contributed by atoms with Gasteiger partial charge < -0.3 is 4.74 Å². The number of sulfonamides is 1. The van der Waals surface area contributed by atoms with Crippen molar-refractivity contribution >= 4 is 26.9 Å². The van der Waals surface area contributed by atoms with Crippen LogP contribution < -0.4 is 4.72 Å². The number of pyridine rings is 1. The third-order valence-electron chi connectivity index (χ3n) is 4.15. The molecule has 7 heteroatoms. The number of esters is 1. The number of hydrogen-bond acceptors (Lipinski definition) is 5. The molecule has 0 bridgehead atoms. The van der Waals surface area contributed by atoms with E-state index in [0.717, 1.165) is 16.5 Å². The van der Waals surface area contributed by atoms with E-state index in [1.54, 1.807) is 26.1 Å². The van der Waals surface area contributed by atoms with Crippen molar-refractivity contribution in [1.82, 2.24) is 9.71 Å². The van der Waals surface area contributed by atoms with Crippen LogP contribution in [0.5, 0.6) is 0 Å². The average Bonchev–Trinajstić information content (AvgIpc) is 2.66. The van der Waals surface area contributed by atoms with Gasteiger partial charge in [0.15, 0.2) is 0 Å². The molecule has 140 valence electrons. The van der Waals surface area contributed by atoms with E-state index in [4.69, 9.17) is 4.74 Å². The molecule has 0 aliphatic carbocycles. The molecule has 27 heavy (non-hydrogen) atoms. The first-order valence-electron chi connectivity index (χ1n) is 8.52. The van der Waals surface area contributed by atoms with Crippen molar-refractivity contribution in [3.05, 3.63) is 71.4 Å². The van der Waals surface area contributed by atoms with Gasteiger partial charge in [0.05, 0.1) is 16.0 Å². The molecule has 0 saturated heterocycles. The van der Waals surface area contributed by atoms with Gasteiger partial charge in [-0.2, -0.15) is 0 Å². The highest BCUT2D eigenvalue weighted by Gasteiger charge is 2.18. The topological polar surface area (TPSA) is 85.4 Å². The maximum absolute atomic E-state index is 12.6. The number of carbonyl (C=O) groups is 1. The second-order valence-corrected chi connectivity index (χ2v) is 7.81. The molecule has 0 fully saturated rings. The molecule has 1 aromatic heterocycles. The van der Waals surface area contributed by atoms with Gasteiger partial charge in [0, 0.05) is 23.7 Å². The van der Waals surface area contributed by atoms with Gasteiger partial charge in [0.25, 0.3) is 0 Å². The fraction of sp³-hybridized carbons (Fsp3) is 0.200. The molecule has 3 rings (SSSR count). The quantitative estimate of drug-likeness (QED) is 0.660. The summed E-state index contributed by atoms with van der Waals surface area (Å²) in [6.45, 7) is 3.75. The van der Waals surface area contributed by atoms with Gasteiger partial charge in [0.2, 0.25) is 10.0 Å². The van der Waals surface area contributed by atoms with E-state index in [9.17, 15) is 13.2 Å². The van der Waals surface area contributed by atoms with Crippen molar-refractivity contribution in [3.8, 4) is 0 Å². The van der Waals surface area contributed by atoms with Crippen LogP contribution in [0, 0.1) is 6.92 Å². The van der Waals surface area contributed by atoms with E-state index in [1.165, 1.54) is 12.1 Å². The Morgan fingerprint density at radius 3 is 2.70 bits per heavy atom. The number of aryl methyl sites for hydroxylation is 1. The molecule has 0 unspecified atom stereocenters. The Hall–Kier alpha value is -2.77. The molecule has 0 aliphatic heterocycles. The number of carbonyl (C=O) groups excluding carboxylic acids is 1. The summed E-state index contributed by atoms with van der Waals surface area (Å²) in [5.41, 5.74) is 2.43. The minimum absolute atomic E-state index is 0.0359. The average molecular weight is 384 g/mol. The Morgan fingerprint density at radius 2 is 1.93 bits per heavy atom. The predicted molar refractivity (Wildman–Crippen MR) is 103 cm³/mol. The maximum atomic E-state index is 12.6. The minimum Gasteiger partial charge on any atom is -0.457 e. The number of rotatable bonds is 6. The summed E-state index contributed by atoms with van der Waals surface area (Å²) in [7, 11) is -3.65. The molecule has 0 saturated carbocycles. The van der Waals surface area contributed by atoms with Crippen LogP contribution in [0.4, 0.5) is 0 Å². The molecular weight excluding hydrogens is 364 g/mol. The molecule has 0 spiro atoms. The lowest BCUT2D eigenvalue weighted by Gasteiger charge is -2.11. The van der Waals surface area contributed by atoms with E-state index >= 15 is 0 Å². The van der Waals surface area contributed by atoms with Crippen LogP contribution >= 0.6 is 0 Å². The first-order valence-corrected chi connectivity index (χ1v) is 10.0. The summed E-state index contributed by atoms with van der Waals surface area (Å²) < 4.78 is 32.2. The van der Waals surface area contributed by atoms with Gasteiger partial charge in [-0.25, -0.2) is 17.9 Å². The number of hydrogen-bond donors (Lipinski definition) is 1. The standard InChI is InChI=1S/C20H20N2O4S/c1-3-22-27(24,25)17-10-9-14(2)18(12-17)20(23)26-13-16-7-4-6-15-8-5-11-21-19(15)16/h4-12,22H,3,13H2,1-2H3. The molecule has 0 aliphatic rings. The minimum atomic E-state index is -3.65. The zero-order valence-corrected chi connectivity index (χ0v) is 15.9. The second kappa shape index (κ2) is 7.85. The molecular formula is C20H20N2O4S. The van der Waals surface area contributed by atoms with Crippen LogP contribution in [0.1, 0.15) is 28.4 Å². The highest BCUT2D eigenvalue weighted by atomic mass is 32.2. The number of para-hydroxylation sites is 1. The molecule has 6 nitrogen and oxygen atoms in total. The summed E-state index contributed by atoms with van der Waals surface area (Å²) in [4.78, 5) is 16.9. The highest BCUT2D eigenvalue weighted by molar-refractivity contribution is 7.89. The van der Waals surface area contributed by atoms with Crippen molar-refractivity contribution in [1.29, 1.82) is 0 Å². The summed E-state index contributed by atoms with van der Waals surface area (Å²) in [6, 6.07) is 13.9. The maximum Gasteiger partial charge on any atom is 0.338 e. The van der Waals surface area contributed by atoms with Crippen molar-refractivity contribution < 1.29 is 17.9 Å². The molecule has 0 radical (unpaired) electrons. The SMILES string of the molecule is CCNS(=O)(=O)c1ccc(C)c(C(=O)OCc2cccc3cccnc23)c1. The fourth-order valence-electron chi connectivity index (χ4n) is 2.77. The molecule has 1 N–H and O–H groups in total. The first-order chi connectivity index (χ1) is 12.9. The number of nitrogens with one attached hydrogen (secondary N) is 1. The number of aromatic nitrogens is 1. The second-order valence-electron chi connectivity index (χ2n) is 6.05. The van der Waals surface area contributed by atoms with Gasteiger partial charge in [-0.1, -0.05) is 37.3 Å². The van der Waals surface area contributed by atoms with Gasteiger partial charge in [-0.15, -0.1) is 0 Å². The molecule has 1 heterocycles. The van der Waals surface area contributed by atoms with Crippen LogP contribution in [0.15, 0.2) is 59.6 Å². The first kappa shape index (κ1) is 19.0. The number of ether oxygens (including phenoxy) is 1. The lowest BCUT2D eigenvalue weighted by Crippen LogP contribution is -2.23. The van der Waals surface area contributed by atoms with Crippen LogP contribution in [-0.4, -0.2) is 25.9 Å². The van der Waals surface area contributed by atoms with Gasteiger partial charge in [-0.05, 0) is 30.7 Å². The van der Waals surface area contributed by atoms with Crippen LogP contribution in [0.25, 0.3) is 10.9 Å². The van der Waals surface area contributed by atoms with E-state index in [2.05, 4.69) is 9.71 Å². The zero-order valence-electron chi connectivity index (χ0n) is 15.1. The summed E-state index contributed by atoms with van der Waals surface area (Å²) in [5, 5.41) is 0.959. The summed E-state index contributed by atoms with van der Waals surface area (Å²) in [6.07, 6.45) is 1.69. The fourth-order valence-corrected chi connectivity index (χ4v) is 3.83. The van der Waals surface area contributed by atoms with E-state index in [-0.39, 0.29) is 23.6 Å². The largest absolute Gasteiger partial charge is 0.457 e. The lowest BCUT2D eigenvalue weighted by atomic mass is 10.1. The van der Waals surface area contributed by atoms with E-state index in [1.807, 2.05) is 30.3 Å². The lowest BCUT2D eigenvalue weighted by molar-refractivity contribution is 0.0473. The smallest absolute Gasteiger partial charge is 0.338 e. The van der Waals surface area contributed by atoms with Crippen LogP contribution in [0.3, 0.4) is 0 Å². The Balaban J connectivity index is 1.84. The molecule has 3 aromatic rings. The van der Waals surface area contributed by atoms with Crippen molar-refractivity contribution in [2.24, 2.45) is 0 Å². The van der Waals surface area contributed by atoms with Gasteiger partial charge in [0.1, 0.15) is 6.61 Å². The monoisotopic (exact) mass is 384 g/mol. The zero-order chi connectivity index (χ0) is 19.4.